The maximum Gasteiger partial charge on any atom is 0.119 e. The van der Waals surface area contributed by atoms with Crippen LogP contribution in [0.15, 0.2) is 36.9 Å². The smallest absolute Gasteiger partial charge is 0.119 e. The number of hydrogen-bond donors (Lipinski definition) is 2. The summed E-state index contributed by atoms with van der Waals surface area (Å²) in [4.78, 5) is 0. The van der Waals surface area contributed by atoms with Crippen LogP contribution in [0.1, 0.15) is 6.42 Å². The predicted molar refractivity (Wildman–Crippen MR) is 83.0 cm³/mol. The molecule has 0 aromatic heterocycles. The first-order valence-electron chi connectivity index (χ1n) is 7.10. The first kappa shape index (κ1) is 17.5. The largest absolute Gasteiger partial charge is 0.497 e. The van der Waals surface area contributed by atoms with Crippen molar-refractivity contribution in [2.24, 2.45) is 0 Å². The molecule has 0 aliphatic heterocycles. The lowest BCUT2D eigenvalue weighted by atomic mass is 10.3. The maximum absolute atomic E-state index is 9.79. The van der Waals surface area contributed by atoms with Crippen LogP contribution in [0.3, 0.4) is 0 Å². The topological polar surface area (TPSA) is 60.0 Å². The molecule has 1 aromatic carbocycles. The summed E-state index contributed by atoms with van der Waals surface area (Å²) in [5.74, 6) is 1.49. The van der Waals surface area contributed by atoms with Crippen molar-refractivity contribution in [2.45, 2.75) is 12.5 Å². The Kier molecular flexibility index (Phi) is 9.28. The van der Waals surface area contributed by atoms with Gasteiger partial charge in [-0.05, 0) is 30.7 Å². The molecule has 1 aromatic rings. The Morgan fingerprint density at radius 2 is 1.95 bits per heavy atom. The highest BCUT2D eigenvalue weighted by molar-refractivity contribution is 5.31. The fraction of sp³-hybridized carbons (Fsp3) is 0.500. The molecule has 0 aliphatic carbocycles. The lowest BCUT2D eigenvalue weighted by Crippen LogP contribution is -2.33. The van der Waals surface area contributed by atoms with Crippen molar-refractivity contribution in [1.82, 2.24) is 5.32 Å². The summed E-state index contributed by atoms with van der Waals surface area (Å²) in [6.45, 7) is 6.36. The molecule has 0 heterocycles. The quantitative estimate of drug-likeness (QED) is 0.453. The third-order valence-electron chi connectivity index (χ3n) is 2.77. The molecule has 1 atom stereocenters. The van der Waals surface area contributed by atoms with Gasteiger partial charge in [0.05, 0.1) is 20.3 Å². The van der Waals surface area contributed by atoms with Crippen LogP contribution in [0, 0.1) is 0 Å². The molecule has 118 valence electrons. The minimum Gasteiger partial charge on any atom is -0.497 e. The summed E-state index contributed by atoms with van der Waals surface area (Å²) in [7, 11) is 1.62. The molecule has 0 saturated carbocycles. The Morgan fingerprint density at radius 1 is 1.24 bits per heavy atom. The van der Waals surface area contributed by atoms with Gasteiger partial charge in [-0.25, -0.2) is 0 Å². The average Bonchev–Trinajstić information content (AvgIpc) is 2.52. The SMILES string of the molecule is C=CCCOCCNCC(O)COc1ccc(OC)cc1. The van der Waals surface area contributed by atoms with E-state index in [9.17, 15) is 5.11 Å². The van der Waals surface area contributed by atoms with Gasteiger partial charge in [0, 0.05) is 13.1 Å². The predicted octanol–water partition coefficient (Wildman–Crippen LogP) is 1.62. The second-order valence-corrected chi connectivity index (χ2v) is 4.53. The van der Waals surface area contributed by atoms with Gasteiger partial charge in [-0.3, -0.25) is 0 Å². The van der Waals surface area contributed by atoms with Gasteiger partial charge >= 0.3 is 0 Å². The van der Waals surface area contributed by atoms with E-state index in [0.717, 1.165) is 12.2 Å². The van der Waals surface area contributed by atoms with E-state index >= 15 is 0 Å². The van der Waals surface area contributed by atoms with E-state index in [4.69, 9.17) is 14.2 Å². The number of benzene rings is 1. The molecular weight excluding hydrogens is 270 g/mol. The molecule has 0 amide bonds. The summed E-state index contributed by atoms with van der Waals surface area (Å²) < 4.78 is 15.9. The van der Waals surface area contributed by atoms with Crippen LogP contribution in [-0.4, -0.2) is 51.2 Å². The van der Waals surface area contributed by atoms with Gasteiger partial charge < -0.3 is 24.6 Å². The second kappa shape index (κ2) is 11.1. The monoisotopic (exact) mass is 295 g/mol. The zero-order chi connectivity index (χ0) is 15.3. The number of ether oxygens (including phenoxy) is 3. The van der Waals surface area contributed by atoms with E-state index in [1.54, 1.807) is 7.11 Å². The number of aliphatic hydroxyl groups is 1. The van der Waals surface area contributed by atoms with Gasteiger partial charge in [0.2, 0.25) is 0 Å². The average molecular weight is 295 g/mol. The van der Waals surface area contributed by atoms with E-state index < -0.39 is 6.10 Å². The molecule has 0 spiro atoms. The Morgan fingerprint density at radius 3 is 2.62 bits per heavy atom. The Labute approximate surface area is 126 Å². The molecule has 5 heteroatoms. The number of nitrogens with one attached hydrogen (secondary N) is 1. The minimum atomic E-state index is -0.555. The Hall–Kier alpha value is -1.56. The van der Waals surface area contributed by atoms with Gasteiger partial charge in [0.1, 0.15) is 24.2 Å². The standard InChI is InChI=1S/C16H25NO4/c1-3-4-10-20-11-9-17-12-14(18)13-21-16-7-5-15(19-2)6-8-16/h3,5-8,14,17-18H,1,4,9-13H2,2H3. The number of aliphatic hydroxyl groups excluding tert-OH is 1. The highest BCUT2D eigenvalue weighted by Crippen LogP contribution is 2.16. The van der Waals surface area contributed by atoms with Crippen molar-refractivity contribution in [2.75, 3.05) is 40.0 Å². The number of rotatable bonds is 12. The molecule has 1 unspecified atom stereocenters. The molecule has 21 heavy (non-hydrogen) atoms. The van der Waals surface area contributed by atoms with E-state index in [2.05, 4.69) is 11.9 Å². The van der Waals surface area contributed by atoms with Gasteiger partial charge in [-0.15, -0.1) is 6.58 Å². The molecule has 0 saturated heterocycles. The summed E-state index contributed by atoms with van der Waals surface area (Å²) in [5, 5.41) is 12.9. The maximum atomic E-state index is 9.79. The third kappa shape index (κ3) is 8.34. The molecule has 0 bridgehead atoms. The summed E-state index contributed by atoms with van der Waals surface area (Å²) in [6.07, 6.45) is 2.13. The van der Waals surface area contributed by atoms with Crippen LogP contribution in [0.25, 0.3) is 0 Å². The third-order valence-corrected chi connectivity index (χ3v) is 2.77. The normalized spacial score (nSPS) is 11.9. The van der Waals surface area contributed by atoms with E-state index in [1.165, 1.54) is 0 Å². The minimum absolute atomic E-state index is 0.247. The molecule has 5 nitrogen and oxygen atoms in total. The first-order valence-corrected chi connectivity index (χ1v) is 7.10. The summed E-state index contributed by atoms with van der Waals surface area (Å²) in [6, 6.07) is 7.26. The van der Waals surface area contributed by atoms with Gasteiger partial charge in [-0.1, -0.05) is 6.08 Å². The van der Waals surface area contributed by atoms with Crippen LogP contribution in [0.4, 0.5) is 0 Å². The Bertz CT molecular complexity index is 380. The van der Waals surface area contributed by atoms with E-state index in [1.807, 2.05) is 30.3 Å². The van der Waals surface area contributed by atoms with Crippen LogP contribution in [-0.2, 0) is 4.74 Å². The van der Waals surface area contributed by atoms with Crippen molar-refractivity contribution in [3.63, 3.8) is 0 Å². The fourth-order valence-electron chi connectivity index (χ4n) is 1.61. The lowest BCUT2D eigenvalue weighted by Gasteiger charge is -2.13. The van der Waals surface area contributed by atoms with Gasteiger partial charge in [0.15, 0.2) is 0 Å². The number of methoxy groups -OCH3 is 1. The Balaban J connectivity index is 2.05. The molecule has 2 N–H and O–H groups in total. The van der Waals surface area contributed by atoms with Crippen molar-refractivity contribution < 1.29 is 19.3 Å². The fourth-order valence-corrected chi connectivity index (χ4v) is 1.61. The zero-order valence-corrected chi connectivity index (χ0v) is 12.6. The van der Waals surface area contributed by atoms with Crippen LogP contribution in [0.2, 0.25) is 0 Å². The van der Waals surface area contributed by atoms with E-state index in [0.29, 0.717) is 32.1 Å². The van der Waals surface area contributed by atoms with Crippen molar-refractivity contribution in [1.29, 1.82) is 0 Å². The van der Waals surface area contributed by atoms with Crippen molar-refractivity contribution in [3.05, 3.63) is 36.9 Å². The zero-order valence-electron chi connectivity index (χ0n) is 12.6. The molecular formula is C16H25NO4. The van der Waals surface area contributed by atoms with Gasteiger partial charge in [0.25, 0.3) is 0 Å². The highest BCUT2D eigenvalue weighted by atomic mass is 16.5. The first-order chi connectivity index (χ1) is 10.3. The lowest BCUT2D eigenvalue weighted by molar-refractivity contribution is 0.0993. The molecule has 1 rings (SSSR count). The molecule has 0 radical (unpaired) electrons. The van der Waals surface area contributed by atoms with E-state index in [-0.39, 0.29) is 6.61 Å². The van der Waals surface area contributed by atoms with Crippen molar-refractivity contribution >= 4 is 0 Å². The van der Waals surface area contributed by atoms with Gasteiger partial charge in [-0.2, -0.15) is 0 Å². The van der Waals surface area contributed by atoms with Crippen molar-refractivity contribution in [3.8, 4) is 11.5 Å². The summed E-state index contributed by atoms with van der Waals surface area (Å²) in [5.41, 5.74) is 0. The van der Waals surface area contributed by atoms with Crippen LogP contribution < -0.4 is 14.8 Å². The second-order valence-electron chi connectivity index (χ2n) is 4.53. The van der Waals surface area contributed by atoms with Crippen LogP contribution in [0.5, 0.6) is 11.5 Å². The highest BCUT2D eigenvalue weighted by Gasteiger charge is 2.04. The molecule has 0 aliphatic rings. The molecule has 0 fully saturated rings. The number of hydrogen-bond acceptors (Lipinski definition) is 5. The summed E-state index contributed by atoms with van der Waals surface area (Å²) >= 11 is 0. The van der Waals surface area contributed by atoms with Crippen LogP contribution >= 0.6 is 0 Å².